The van der Waals surface area contributed by atoms with Crippen molar-refractivity contribution in [3.05, 3.63) is 47.1 Å². The minimum Gasteiger partial charge on any atom is -0.398 e. The molecule has 2 heterocycles. The minimum atomic E-state index is -0.138. The van der Waals surface area contributed by atoms with Gasteiger partial charge in [-0.2, -0.15) is 0 Å². The van der Waals surface area contributed by atoms with Crippen molar-refractivity contribution in [2.75, 3.05) is 16.8 Å². The van der Waals surface area contributed by atoms with Crippen LogP contribution in [-0.4, -0.2) is 26.3 Å². The first-order chi connectivity index (χ1) is 11.0. The number of hydrogen-bond acceptors (Lipinski definition) is 5. The van der Waals surface area contributed by atoms with Crippen molar-refractivity contribution >= 4 is 46.3 Å². The van der Waals surface area contributed by atoms with E-state index in [9.17, 15) is 4.79 Å². The van der Waals surface area contributed by atoms with Crippen molar-refractivity contribution in [1.29, 1.82) is 0 Å². The van der Waals surface area contributed by atoms with E-state index in [0.29, 0.717) is 27.2 Å². The number of aryl methyl sites for hydroxylation is 1. The van der Waals surface area contributed by atoms with Crippen molar-refractivity contribution < 1.29 is 4.79 Å². The number of pyridine rings is 1. The topological polar surface area (TPSA) is 85.3 Å². The average Bonchev–Trinajstić information content (AvgIpc) is 2.91. The molecule has 0 aliphatic heterocycles. The molecule has 3 rings (SSSR count). The van der Waals surface area contributed by atoms with Gasteiger partial charge in [0, 0.05) is 22.6 Å². The zero-order valence-electron chi connectivity index (χ0n) is 12.3. The molecule has 0 atom stereocenters. The first kappa shape index (κ1) is 15.6. The van der Waals surface area contributed by atoms with Gasteiger partial charge < -0.3 is 11.1 Å². The van der Waals surface area contributed by atoms with Crippen LogP contribution in [0.25, 0.3) is 5.65 Å². The van der Waals surface area contributed by atoms with Gasteiger partial charge in [0.15, 0.2) is 10.8 Å². The number of aromatic nitrogens is 3. The molecule has 0 bridgehead atoms. The van der Waals surface area contributed by atoms with Gasteiger partial charge in [-0.05, 0) is 36.8 Å². The van der Waals surface area contributed by atoms with Crippen molar-refractivity contribution in [2.24, 2.45) is 0 Å². The molecule has 0 fully saturated rings. The normalized spacial score (nSPS) is 10.9. The number of carbonyl (C=O) groups is 1. The predicted octanol–water partition coefficient (Wildman–Crippen LogP) is 3.00. The van der Waals surface area contributed by atoms with Gasteiger partial charge in [-0.15, -0.1) is 10.2 Å². The van der Waals surface area contributed by atoms with Crippen LogP contribution in [-0.2, 0) is 4.79 Å². The van der Waals surface area contributed by atoms with Crippen molar-refractivity contribution in [1.82, 2.24) is 14.6 Å². The summed E-state index contributed by atoms with van der Waals surface area (Å²) in [6.07, 6.45) is 1.73. The third-order valence-electron chi connectivity index (χ3n) is 3.20. The van der Waals surface area contributed by atoms with Gasteiger partial charge in [0.25, 0.3) is 0 Å². The Balaban J connectivity index is 1.68. The molecular weight excluding hydrogens is 334 g/mol. The molecule has 2 aromatic heterocycles. The number of nitrogens with zero attached hydrogens (tertiary/aromatic N) is 3. The molecule has 1 amide bonds. The Morgan fingerprint density at radius 3 is 3.00 bits per heavy atom. The lowest BCUT2D eigenvalue weighted by Crippen LogP contribution is -2.15. The van der Waals surface area contributed by atoms with Crippen molar-refractivity contribution in [3.8, 4) is 0 Å². The smallest absolute Gasteiger partial charge is 0.234 e. The zero-order valence-corrected chi connectivity index (χ0v) is 13.9. The Bertz CT molecular complexity index is 879. The second-order valence-electron chi connectivity index (χ2n) is 4.97. The summed E-state index contributed by atoms with van der Waals surface area (Å²) in [6.45, 7) is 1.91. The van der Waals surface area contributed by atoms with Crippen LogP contribution in [0.1, 0.15) is 5.56 Å². The molecule has 0 unspecified atom stereocenters. The van der Waals surface area contributed by atoms with E-state index in [1.54, 1.807) is 34.9 Å². The number of amides is 1. The standard InChI is InChI=1S/C15H14ClN5OS/c1-9-2-3-10(16)6-12(9)18-14(22)8-23-15-20-19-13-5-4-11(17)7-21(13)15/h2-7H,8,17H2,1H3,(H,18,22). The summed E-state index contributed by atoms with van der Waals surface area (Å²) in [7, 11) is 0. The number of nitrogens with two attached hydrogens (primary N) is 1. The number of nitrogens with one attached hydrogen (secondary N) is 1. The molecule has 1 aromatic carbocycles. The molecule has 3 N–H and O–H groups in total. The largest absolute Gasteiger partial charge is 0.398 e. The first-order valence-corrected chi connectivity index (χ1v) is 8.18. The number of anilines is 2. The van der Waals surface area contributed by atoms with E-state index in [4.69, 9.17) is 17.3 Å². The molecule has 6 nitrogen and oxygen atoms in total. The lowest BCUT2D eigenvalue weighted by Gasteiger charge is -2.08. The predicted molar refractivity (Wildman–Crippen MR) is 92.9 cm³/mol. The fraction of sp³-hybridized carbons (Fsp3) is 0.133. The van der Waals surface area contributed by atoms with Gasteiger partial charge in [-0.25, -0.2) is 0 Å². The Morgan fingerprint density at radius 1 is 1.35 bits per heavy atom. The van der Waals surface area contributed by atoms with Crippen LogP contribution in [0.3, 0.4) is 0 Å². The van der Waals surface area contributed by atoms with Crippen molar-refractivity contribution in [3.63, 3.8) is 0 Å². The van der Waals surface area contributed by atoms with Gasteiger partial charge >= 0.3 is 0 Å². The van der Waals surface area contributed by atoms with Crippen LogP contribution < -0.4 is 11.1 Å². The summed E-state index contributed by atoms with van der Waals surface area (Å²) in [5.41, 5.74) is 8.72. The number of benzene rings is 1. The fourth-order valence-corrected chi connectivity index (χ4v) is 2.92. The van der Waals surface area contributed by atoms with E-state index in [1.165, 1.54) is 11.8 Å². The highest BCUT2D eigenvalue weighted by Crippen LogP contribution is 2.22. The SMILES string of the molecule is Cc1ccc(Cl)cc1NC(=O)CSc1nnc2ccc(N)cn12. The minimum absolute atomic E-state index is 0.138. The molecular formula is C15H14ClN5OS. The Morgan fingerprint density at radius 2 is 2.17 bits per heavy atom. The number of halogens is 1. The monoisotopic (exact) mass is 347 g/mol. The Kier molecular flexibility index (Phi) is 4.40. The lowest BCUT2D eigenvalue weighted by atomic mass is 10.2. The fourth-order valence-electron chi connectivity index (χ4n) is 2.03. The van der Waals surface area contributed by atoms with Crippen LogP contribution in [0.2, 0.25) is 5.02 Å². The molecule has 23 heavy (non-hydrogen) atoms. The first-order valence-electron chi connectivity index (χ1n) is 6.82. The maximum Gasteiger partial charge on any atom is 0.234 e. The second-order valence-corrected chi connectivity index (χ2v) is 6.35. The quantitative estimate of drug-likeness (QED) is 0.708. The van der Waals surface area contributed by atoms with Gasteiger partial charge in [-0.1, -0.05) is 29.4 Å². The van der Waals surface area contributed by atoms with Crippen LogP contribution >= 0.6 is 23.4 Å². The summed E-state index contributed by atoms with van der Waals surface area (Å²) in [4.78, 5) is 12.1. The van der Waals surface area contributed by atoms with E-state index in [1.807, 2.05) is 13.0 Å². The second kappa shape index (κ2) is 6.47. The van der Waals surface area contributed by atoms with Crippen LogP contribution in [0, 0.1) is 6.92 Å². The molecule has 0 spiro atoms. The molecule has 0 saturated carbocycles. The molecule has 0 aliphatic carbocycles. The highest BCUT2D eigenvalue weighted by atomic mass is 35.5. The van der Waals surface area contributed by atoms with Gasteiger partial charge in [-0.3, -0.25) is 9.20 Å². The number of carbonyl (C=O) groups excluding carboxylic acids is 1. The van der Waals surface area contributed by atoms with Gasteiger partial charge in [0.1, 0.15) is 0 Å². The highest BCUT2D eigenvalue weighted by Gasteiger charge is 2.10. The molecule has 0 saturated heterocycles. The summed E-state index contributed by atoms with van der Waals surface area (Å²) >= 11 is 7.24. The van der Waals surface area contributed by atoms with Crippen molar-refractivity contribution in [2.45, 2.75) is 12.1 Å². The number of hydrogen-bond donors (Lipinski definition) is 2. The average molecular weight is 348 g/mol. The summed E-state index contributed by atoms with van der Waals surface area (Å²) in [6, 6.07) is 8.91. The van der Waals surface area contributed by atoms with Crippen LogP contribution in [0.15, 0.2) is 41.7 Å². The Hall–Kier alpha value is -2.25. The van der Waals surface area contributed by atoms with Gasteiger partial charge in [0.05, 0.1) is 5.75 Å². The van der Waals surface area contributed by atoms with E-state index in [-0.39, 0.29) is 11.7 Å². The summed E-state index contributed by atoms with van der Waals surface area (Å²) in [5, 5.41) is 12.1. The molecule has 0 radical (unpaired) electrons. The maximum atomic E-state index is 12.1. The lowest BCUT2D eigenvalue weighted by molar-refractivity contribution is -0.113. The number of thioether (sulfide) groups is 1. The number of nitrogen functional groups attached to an aromatic ring is 1. The van der Waals surface area contributed by atoms with Crippen LogP contribution in [0.4, 0.5) is 11.4 Å². The van der Waals surface area contributed by atoms with E-state index in [0.717, 1.165) is 5.56 Å². The molecule has 8 heteroatoms. The summed E-state index contributed by atoms with van der Waals surface area (Å²) in [5.74, 6) is 0.0719. The Labute approximate surface area is 142 Å². The maximum absolute atomic E-state index is 12.1. The third-order valence-corrected chi connectivity index (χ3v) is 4.38. The molecule has 118 valence electrons. The number of rotatable bonds is 4. The number of fused-ring (bicyclic) bond motifs is 1. The molecule has 0 aliphatic rings. The third kappa shape index (κ3) is 3.57. The molecule has 3 aromatic rings. The highest BCUT2D eigenvalue weighted by molar-refractivity contribution is 7.99. The zero-order chi connectivity index (χ0) is 16.4. The van der Waals surface area contributed by atoms with Crippen LogP contribution in [0.5, 0.6) is 0 Å². The van der Waals surface area contributed by atoms with E-state index in [2.05, 4.69) is 15.5 Å². The van der Waals surface area contributed by atoms with E-state index >= 15 is 0 Å². The summed E-state index contributed by atoms with van der Waals surface area (Å²) < 4.78 is 1.76. The van der Waals surface area contributed by atoms with Gasteiger partial charge in [0.2, 0.25) is 5.91 Å². The van der Waals surface area contributed by atoms with E-state index < -0.39 is 0 Å².